The molecule has 0 fully saturated rings. The summed E-state index contributed by atoms with van der Waals surface area (Å²) in [7, 11) is 1.45. The number of carbonyl (C=O) groups excluding carboxylic acids is 3. The molecule has 0 saturated heterocycles. The van der Waals surface area contributed by atoms with Crippen LogP contribution in [0.3, 0.4) is 0 Å². The van der Waals surface area contributed by atoms with E-state index in [-0.39, 0.29) is 30.1 Å². The molecule has 2 aromatic carbocycles. The van der Waals surface area contributed by atoms with Gasteiger partial charge in [0, 0.05) is 19.2 Å². The second kappa shape index (κ2) is 13.5. The van der Waals surface area contributed by atoms with Crippen molar-refractivity contribution < 1.29 is 19.1 Å². The van der Waals surface area contributed by atoms with Crippen LogP contribution in [0.25, 0.3) is 0 Å². The lowest BCUT2D eigenvalue weighted by Crippen LogP contribution is -2.54. The molecule has 0 aliphatic rings. The SMILES string of the molecule is CC[C@H](C)[C@H](NC(=O)c1cccc(CN)c1)C(=O)N[C@@H](CCc1ccccc1)C(=O)COC. The molecule has 2 amide bonds. The molecule has 0 saturated carbocycles. The monoisotopic (exact) mass is 453 g/mol. The molecule has 7 heteroatoms. The van der Waals surface area contributed by atoms with Crippen molar-refractivity contribution in [1.82, 2.24) is 10.6 Å². The first-order valence-electron chi connectivity index (χ1n) is 11.3. The molecule has 2 rings (SSSR count). The van der Waals surface area contributed by atoms with Crippen LogP contribution < -0.4 is 16.4 Å². The maximum Gasteiger partial charge on any atom is 0.251 e. The van der Waals surface area contributed by atoms with Crippen LogP contribution in [0.4, 0.5) is 0 Å². The van der Waals surface area contributed by atoms with Gasteiger partial charge in [-0.15, -0.1) is 0 Å². The number of hydrogen-bond donors (Lipinski definition) is 3. The number of ketones is 1. The molecular formula is C26H35N3O4. The van der Waals surface area contributed by atoms with E-state index >= 15 is 0 Å². The molecule has 0 aromatic heterocycles. The lowest BCUT2D eigenvalue weighted by atomic mass is 9.96. The van der Waals surface area contributed by atoms with Crippen molar-refractivity contribution in [2.24, 2.45) is 11.7 Å². The zero-order valence-electron chi connectivity index (χ0n) is 19.7. The molecule has 0 radical (unpaired) electrons. The molecule has 0 aliphatic carbocycles. The standard InChI is InChI=1S/C26H35N3O4/c1-4-18(2)24(29-25(31)21-12-8-11-20(15-21)16-27)26(32)28-22(23(30)17-33-3)14-13-19-9-6-5-7-10-19/h5-12,15,18,22,24H,4,13-14,16-17,27H2,1-3H3,(H,28,32)(H,29,31)/t18-,22-,24-/m0/s1. The van der Waals surface area contributed by atoms with Gasteiger partial charge in [0.15, 0.2) is 5.78 Å². The Kier molecular flexibility index (Phi) is 10.7. The van der Waals surface area contributed by atoms with Crippen molar-refractivity contribution in [2.75, 3.05) is 13.7 Å². The van der Waals surface area contributed by atoms with Gasteiger partial charge in [-0.3, -0.25) is 14.4 Å². The van der Waals surface area contributed by atoms with E-state index in [4.69, 9.17) is 10.5 Å². The number of benzene rings is 2. The maximum absolute atomic E-state index is 13.2. The van der Waals surface area contributed by atoms with Gasteiger partial charge in [-0.05, 0) is 42.0 Å². The lowest BCUT2D eigenvalue weighted by molar-refractivity contribution is -0.131. The van der Waals surface area contributed by atoms with E-state index in [0.29, 0.717) is 31.4 Å². The molecule has 2 aromatic rings. The highest BCUT2D eigenvalue weighted by molar-refractivity contribution is 5.98. The molecule has 178 valence electrons. The van der Waals surface area contributed by atoms with E-state index in [9.17, 15) is 14.4 Å². The van der Waals surface area contributed by atoms with E-state index in [1.807, 2.05) is 50.2 Å². The minimum atomic E-state index is -0.779. The molecule has 4 N–H and O–H groups in total. The Bertz CT molecular complexity index is 917. The number of nitrogens with one attached hydrogen (secondary N) is 2. The smallest absolute Gasteiger partial charge is 0.251 e. The minimum Gasteiger partial charge on any atom is -0.377 e. The Hall–Kier alpha value is -3.03. The van der Waals surface area contributed by atoms with Crippen molar-refractivity contribution in [3.63, 3.8) is 0 Å². The number of rotatable bonds is 13. The fourth-order valence-corrected chi connectivity index (χ4v) is 3.54. The summed E-state index contributed by atoms with van der Waals surface area (Å²) in [4.78, 5) is 38.7. The Labute approximate surface area is 196 Å². The first-order valence-corrected chi connectivity index (χ1v) is 11.3. The van der Waals surface area contributed by atoms with Crippen molar-refractivity contribution in [2.45, 2.75) is 51.7 Å². The number of methoxy groups -OCH3 is 1. The summed E-state index contributed by atoms with van der Waals surface area (Å²) in [5.41, 5.74) is 8.03. The highest BCUT2D eigenvalue weighted by atomic mass is 16.5. The Morgan fingerprint density at radius 2 is 1.70 bits per heavy atom. The van der Waals surface area contributed by atoms with Gasteiger partial charge in [0.1, 0.15) is 12.6 Å². The summed E-state index contributed by atoms with van der Waals surface area (Å²) >= 11 is 0. The van der Waals surface area contributed by atoms with Gasteiger partial charge in [-0.25, -0.2) is 0 Å². The highest BCUT2D eigenvalue weighted by Crippen LogP contribution is 2.13. The summed E-state index contributed by atoms with van der Waals surface area (Å²) in [6, 6.07) is 15.3. The third-order valence-electron chi connectivity index (χ3n) is 5.76. The van der Waals surface area contributed by atoms with Gasteiger partial charge >= 0.3 is 0 Å². The zero-order chi connectivity index (χ0) is 24.2. The van der Waals surface area contributed by atoms with Gasteiger partial charge in [0.05, 0.1) is 6.04 Å². The fourth-order valence-electron chi connectivity index (χ4n) is 3.54. The number of hydrogen-bond acceptors (Lipinski definition) is 5. The van der Waals surface area contributed by atoms with Crippen molar-refractivity contribution in [3.8, 4) is 0 Å². The van der Waals surface area contributed by atoms with Gasteiger partial charge < -0.3 is 21.1 Å². The second-order valence-electron chi connectivity index (χ2n) is 8.23. The second-order valence-corrected chi connectivity index (χ2v) is 8.23. The summed E-state index contributed by atoms with van der Waals surface area (Å²) in [6.07, 6.45) is 1.76. The van der Waals surface area contributed by atoms with E-state index in [1.165, 1.54) is 7.11 Å². The van der Waals surface area contributed by atoms with E-state index in [1.54, 1.807) is 18.2 Å². The first kappa shape index (κ1) is 26.2. The third kappa shape index (κ3) is 8.11. The van der Waals surface area contributed by atoms with Crippen molar-refractivity contribution >= 4 is 17.6 Å². The van der Waals surface area contributed by atoms with Crippen LogP contribution >= 0.6 is 0 Å². The summed E-state index contributed by atoms with van der Waals surface area (Å²) in [6.45, 7) is 4.08. The maximum atomic E-state index is 13.2. The number of carbonyl (C=O) groups is 3. The number of amides is 2. The zero-order valence-corrected chi connectivity index (χ0v) is 19.7. The van der Waals surface area contributed by atoms with Gasteiger partial charge in [-0.2, -0.15) is 0 Å². The largest absolute Gasteiger partial charge is 0.377 e. The van der Waals surface area contributed by atoms with Crippen LogP contribution in [-0.2, 0) is 27.3 Å². The molecule has 0 aliphatic heterocycles. The van der Waals surface area contributed by atoms with Crippen LogP contribution in [0, 0.1) is 5.92 Å². The molecule has 0 bridgehead atoms. The predicted molar refractivity (Wildman–Crippen MR) is 129 cm³/mol. The molecule has 33 heavy (non-hydrogen) atoms. The molecule has 0 spiro atoms. The summed E-state index contributed by atoms with van der Waals surface area (Å²) in [5.74, 6) is -1.06. The lowest BCUT2D eigenvalue weighted by Gasteiger charge is -2.26. The number of ether oxygens (including phenoxy) is 1. The molecule has 7 nitrogen and oxygen atoms in total. The number of nitrogens with two attached hydrogens (primary N) is 1. The van der Waals surface area contributed by atoms with Gasteiger partial charge in [0.2, 0.25) is 5.91 Å². The van der Waals surface area contributed by atoms with Crippen LogP contribution in [0.2, 0.25) is 0 Å². The van der Waals surface area contributed by atoms with E-state index in [2.05, 4.69) is 10.6 Å². The van der Waals surface area contributed by atoms with Crippen LogP contribution in [0.1, 0.15) is 48.2 Å². The fraction of sp³-hybridized carbons (Fsp3) is 0.423. The van der Waals surface area contributed by atoms with Crippen molar-refractivity contribution in [3.05, 3.63) is 71.3 Å². The van der Waals surface area contributed by atoms with Crippen LogP contribution in [0.15, 0.2) is 54.6 Å². The third-order valence-corrected chi connectivity index (χ3v) is 5.76. The van der Waals surface area contributed by atoms with E-state index < -0.39 is 12.1 Å². The summed E-state index contributed by atoms with van der Waals surface area (Å²) < 4.78 is 5.01. The Morgan fingerprint density at radius 1 is 1.00 bits per heavy atom. The van der Waals surface area contributed by atoms with E-state index in [0.717, 1.165) is 11.1 Å². The van der Waals surface area contributed by atoms with Gasteiger partial charge in [0.25, 0.3) is 5.91 Å². The normalized spacial score (nSPS) is 13.6. The quantitative estimate of drug-likeness (QED) is 0.432. The highest BCUT2D eigenvalue weighted by Gasteiger charge is 2.30. The Balaban J connectivity index is 2.14. The molecule has 0 heterocycles. The van der Waals surface area contributed by atoms with Crippen LogP contribution in [0.5, 0.6) is 0 Å². The van der Waals surface area contributed by atoms with Gasteiger partial charge in [-0.1, -0.05) is 62.7 Å². The van der Waals surface area contributed by atoms with Crippen LogP contribution in [-0.4, -0.2) is 43.4 Å². The van der Waals surface area contributed by atoms with Crippen molar-refractivity contribution in [1.29, 1.82) is 0 Å². The predicted octanol–water partition coefficient (Wildman–Crippen LogP) is 2.62. The average molecular weight is 454 g/mol. The minimum absolute atomic E-state index is 0.0913. The molecule has 3 atom stereocenters. The topological polar surface area (TPSA) is 111 Å². The molecule has 0 unspecified atom stereocenters. The number of Topliss-reactive ketones (excluding diaryl/α,β-unsaturated/α-hetero) is 1. The summed E-state index contributed by atoms with van der Waals surface area (Å²) in [5, 5.41) is 5.71. The number of aryl methyl sites for hydroxylation is 1. The Morgan fingerprint density at radius 3 is 2.33 bits per heavy atom. The average Bonchev–Trinajstić information content (AvgIpc) is 2.85. The first-order chi connectivity index (χ1) is 15.9. The molecular weight excluding hydrogens is 418 g/mol.